The number of aryl methyl sites for hydroxylation is 1. The molecule has 1 aliphatic heterocycles. The first-order chi connectivity index (χ1) is 16.4. The van der Waals surface area contributed by atoms with Gasteiger partial charge in [0.2, 0.25) is 11.8 Å². The van der Waals surface area contributed by atoms with Crippen LogP contribution in [0.5, 0.6) is 0 Å². The smallest absolute Gasteiger partial charge is 0.326 e. The summed E-state index contributed by atoms with van der Waals surface area (Å²) in [6.45, 7) is 2.17. The molecule has 0 spiro atoms. The summed E-state index contributed by atoms with van der Waals surface area (Å²) in [5.74, 6) is -2.33. The van der Waals surface area contributed by atoms with Crippen LogP contribution >= 0.6 is 0 Å². The zero-order valence-corrected chi connectivity index (χ0v) is 20.5. The molecule has 1 heterocycles. The number of rotatable bonds is 16. The molecular formula is C27H40N2O5. The molecule has 2 N–H and O–H groups in total. The highest BCUT2D eigenvalue weighted by Crippen LogP contribution is 2.23. The highest BCUT2D eigenvalue weighted by Gasteiger charge is 2.46. The quantitative estimate of drug-likeness (QED) is 0.342. The van der Waals surface area contributed by atoms with Crippen LogP contribution in [0.25, 0.3) is 0 Å². The van der Waals surface area contributed by atoms with Crippen molar-refractivity contribution in [3.63, 3.8) is 0 Å². The van der Waals surface area contributed by atoms with E-state index in [0.29, 0.717) is 6.42 Å². The van der Waals surface area contributed by atoms with Crippen molar-refractivity contribution in [3.05, 3.63) is 35.9 Å². The predicted octanol–water partition coefficient (Wildman–Crippen LogP) is 4.63. The Kier molecular flexibility index (Phi) is 12.4. The Morgan fingerprint density at radius 1 is 0.912 bits per heavy atom. The van der Waals surface area contributed by atoms with Crippen molar-refractivity contribution in [2.75, 3.05) is 0 Å². The Morgan fingerprint density at radius 3 is 2.21 bits per heavy atom. The maximum atomic E-state index is 12.9. The monoisotopic (exact) mass is 472 g/mol. The number of amides is 2. The van der Waals surface area contributed by atoms with E-state index in [1.54, 1.807) is 0 Å². The zero-order chi connectivity index (χ0) is 24.8. The largest absolute Gasteiger partial charge is 0.480 e. The van der Waals surface area contributed by atoms with E-state index in [9.17, 15) is 24.3 Å². The molecule has 7 nitrogen and oxygen atoms in total. The van der Waals surface area contributed by atoms with Gasteiger partial charge in [-0.15, -0.1) is 0 Å². The van der Waals surface area contributed by atoms with Crippen molar-refractivity contribution in [1.29, 1.82) is 0 Å². The summed E-state index contributed by atoms with van der Waals surface area (Å²) in [6, 6.07) is 8.89. The summed E-state index contributed by atoms with van der Waals surface area (Å²) in [6.07, 6.45) is 9.81. The molecule has 1 unspecified atom stereocenters. The van der Waals surface area contributed by atoms with Crippen LogP contribution in [0.1, 0.15) is 96.0 Å². The number of carbonyl (C=O) groups is 4. The lowest BCUT2D eigenvalue weighted by Crippen LogP contribution is -2.53. The van der Waals surface area contributed by atoms with E-state index < -0.39 is 24.0 Å². The molecule has 34 heavy (non-hydrogen) atoms. The number of carbonyl (C=O) groups excluding carboxylic acids is 3. The van der Waals surface area contributed by atoms with Gasteiger partial charge in [0.25, 0.3) is 0 Å². The van der Waals surface area contributed by atoms with Crippen LogP contribution in [0.2, 0.25) is 0 Å². The molecular weight excluding hydrogens is 432 g/mol. The second kappa shape index (κ2) is 15.3. The Hall–Kier alpha value is -2.70. The van der Waals surface area contributed by atoms with E-state index >= 15 is 0 Å². The number of carboxylic acid groups (broad SMARTS) is 1. The molecule has 7 heteroatoms. The molecule has 0 saturated carbocycles. The summed E-state index contributed by atoms with van der Waals surface area (Å²) in [4.78, 5) is 50.5. The highest BCUT2D eigenvalue weighted by atomic mass is 16.4. The Morgan fingerprint density at radius 2 is 1.53 bits per heavy atom. The number of likely N-dealkylation sites (tertiary alicyclic amines) is 1. The topological polar surface area (TPSA) is 104 Å². The third kappa shape index (κ3) is 9.27. The van der Waals surface area contributed by atoms with Crippen LogP contribution in [-0.2, 0) is 25.6 Å². The number of nitrogens with one attached hydrogen (secondary N) is 1. The maximum Gasteiger partial charge on any atom is 0.326 e. The molecule has 1 fully saturated rings. The fraction of sp³-hybridized carbons (Fsp3) is 0.630. The Labute approximate surface area is 203 Å². The van der Waals surface area contributed by atoms with Crippen LogP contribution in [0.15, 0.2) is 30.3 Å². The average molecular weight is 473 g/mol. The molecule has 0 aromatic heterocycles. The van der Waals surface area contributed by atoms with Gasteiger partial charge in [-0.25, -0.2) is 4.79 Å². The molecule has 0 bridgehead atoms. The van der Waals surface area contributed by atoms with Crippen molar-refractivity contribution < 1.29 is 24.3 Å². The SMILES string of the molecule is CCCCCCCCCC(=O)NC1C(=O)C[C@@H](C(=O)O)N1C(=O)CCCCCc1ccccc1. The second-order valence-electron chi connectivity index (χ2n) is 9.21. The van der Waals surface area contributed by atoms with Gasteiger partial charge in [-0.05, 0) is 31.2 Å². The van der Waals surface area contributed by atoms with E-state index in [0.717, 1.165) is 49.8 Å². The van der Waals surface area contributed by atoms with Crippen molar-refractivity contribution >= 4 is 23.6 Å². The fourth-order valence-corrected chi connectivity index (χ4v) is 4.43. The number of hydrogen-bond acceptors (Lipinski definition) is 4. The van der Waals surface area contributed by atoms with Crippen molar-refractivity contribution in [2.45, 2.75) is 109 Å². The minimum atomic E-state index is -1.21. The standard InChI is InChI=1S/C27H40N2O5/c1-2-3-4-5-6-7-13-18-24(31)28-26-23(30)20-22(27(33)34)29(26)25(32)19-14-9-12-17-21-15-10-8-11-16-21/h8,10-11,15-16,22,26H,2-7,9,12-14,17-20H2,1H3,(H,28,31)(H,33,34)/t22-,26?/m0/s1. The molecule has 0 aliphatic carbocycles. The third-order valence-corrected chi connectivity index (χ3v) is 6.39. The summed E-state index contributed by atoms with van der Waals surface area (Å²) in [7, 11) is 0. The van der Waals surface area contributed by atoms with Crippen LogP contribution in [0.4, 0.5) is 0 Å². The lowest BCUT2D eigenvalue weighted by atomic mass is 10.1. The maximum absolute atomic E-state index is 12.9. The van der Waals surface area contributed by atoms with Gasteiger partial charge in [0, 0.05) is 19.3 Å². The second-order valence-corrected chi connectivity index (χ2v) is 9.21. The minimum absolute atomic E-state index is 0.163. The number of unbranched alkanes of at least 4 members (excludes halogenated alkanes) is 8. The number of benzene rings is 1. The van der Waals surface area contributed by atoms with Gasteiger partial charge in [-0.3, -0.25) is 14.4 Å². The zero-order valence-electron chi connectivity index (χ0n) is 20.5. The number of ketones is 1. The van der Waals surface area contributed by atoms with Crippen LogP contribution < -0.4 is 5.32 Å². The van der Waals surface area contributed by atoms with Crippen LogP contribution in [0, 0.1) is 0 Å². The number of Topliss-reactive ketones (excluding diaryl/α,β-unsaturated/α-hetero) is 1. The first-order valence-electron chi connectivity index (χ1n) is 12.8. The molecule has 2 amide bonds. The molecule has 2 atom stereocenters. The van der Waals surface area contributed by atoms with Gasteiger partial charge in [0.15, 0.2) is 11.9 Å². The lowest BCUT2D eigenvalue weighted by molar-refractivity contribution is -0.151. The van der Waals surface area contributed by atoms with Crippen LogP contribution in [0.3, 0.4) is 0 Å². The lowest BCUT2D eigenvalue weighted by Gasteiger charge is -2.27. The normalized spacial score (nSPS) is 17.7. The van der Waals surface area contributed by atoms with Crippen molar-refractivity contribution in [2.24, 2.45) is 0 Å². The summed E-state index contributed by atoms with van der Waals surface area (Å²) >= 11 is 0. The van der Waals surface area contributed by atoms with Gasteiger partial charge < -0.3 is 15.3 Å². The predicted molar refractivity (Wildman–Crippen MR) is 131 cm³/mol. The summed E-state index contributed by atoms with van der Waals surface area (Å²) in [5.41, 5.74) is 1.24. The highest BCUT2D eigenvalue weighted by molar-refractivity contribution is 6.00. The first kappa shape index (κ1) is 27.5. The van der Waals surface area contributed by atoms with E-state index in [-0.39, 0.29) is 31.1 Å². The molecule has 1 saturated heterocycles. The van der Waals surface area contributed by atoms with Crippen molar-refractivity contribution in [3.8, 4) is 0 Å². The number of carboxylic acids is 1. The van der Waals surface area contributed by atoms with Crippen molar-refractivity contribution in [1.82, 2.24) is 10.2 Å². The van der Waals surface area contributed by atoms with Gasteiger partial charge in [-0.2, -0.15) is 0 Å². The van der Waals surface area contributed by atoms with E-state index in [2.05, 4.69) is 24.4 Å². The van der Waals surface area contributed by atoms with Gasteiger partial charge >= 0.3 is 5.97 Å². The Balaban J connectivity index is 1.79. The Bertz CT molecular complexity index is 795. The molecule has 1 aliphatic rings. The average Bonchev–Trinajstić information content (AvgIpc) is 3.15. The molecule has 2 rings (SSSR count). The third-order valence-electron chi connectivity index (χ3n) is 6.39. The summed E-state index contributed by atoms with van der Waals surface area (Å²) in [5, 5.41) is 12.2. The molecule has 0 radical (unpaired) electrons. The van der Waals surface area contributed by atoms with Crippen LogP contribution in [-0.4, -0.2) is 45.8 Å². The van der Waals surface area contributed by atoms with Gasteiger partial charge in [0.05, 0.1) is 0 Å². The van der Waals surface area contributed by atoms with Gasteiger partial charge in [0.1, 0.15) is 6.04 Å². The molecule has 188 valence electrons. The number of hydrogen-bond donors (Lipinski definition) is 2. The number of nitrogens with zero attached hydrogens (tertiary/aromatic N) is 1. The molecule has 1 aromatic rings. The number of aliphatic carboxylic acids is 1. The first-order valence-corrected chi connectivity index (χ1v) is 12.8. The van der Waals surface area contributed by atoms with Gasteiger partial charge in [-0.1, -0.05) is 82.2 Å². The minimum Gasteiger partial charge on any atom is -0.480 e. The van der Waals surface area contributed by atoms with E-state index in [4.69, 9.17) is 0 Å². The summed E-state index contributed by atoms with van der Waals surface area (Å²) < 4.78 is 0. The molecule has 1 aromatic carbocycles. The van der Waals surface area contributed by atoms with E-state index in [1.807, 2.05) is 18.2 Å². The van der Waals surface area contributed by atoms with E-state index in [1.165, 1.54) is 24.8 Å². The fourth-order valence-electron chi connectivity index (χ4n) is 4.43.